The van der Waals surface area contributed by atoms with Crippen LogP contribution in [0.4, 0.5) is 17.1 Å². The normalized spacial score (nSPS) is 14.3. The summed E-state index contributed by atoms with van der Waals surface area (Å²) in [5.74, 6) is 0. The molecule has 0 amide bonds. The summed E-state index contributed by atoms with van der Waals surface area (Å²) in [5.41, 5.74) is 18.9. The van der Waals surface area contributed by atoms with E-state index >= 15 is 0 Å². The number of rotatable bonds is 5. The molecule has 0 bridgehead atoms. The van der Waals surface area contributed by atoms with E-state index in [9.17, 15) is 0 Å². The van der Waals surface area contributed by atoms with Gasteiger partial charge >= 0.3 is 0 Å². The van der Waals surface area contributed by atoms with Gasteiger partial charge in [-0.05, 0) is 120 Å². The Hall–Kier alpha value is -6.74. The number of fused-ring (bicyclic) bond motifs is 8. The summed E-state index contributed by atoms with van der Waals surface area (Å²) in [6, 6.07) is 70.5. The molecule has 0 aliphatic heterocycles. The van der Waals surface area contributed by atoms with Crippen LogP contribution in [0.3, 0.4) is 0 Å². The lowest BCUT2D eigenvalue weighted by Gasteiger charge is -2.37. The highest BCUT2D eigenvalue weighted by Crippen LogP contribution is 2.55. The van der Waals surface area contributed by atoms with Crippen LogP contribution < -0.4 is 4.90 Å². The molecule has 60 heavy (non-hydrogen) atoms. The maximum atomic E-state index is 2.48. The molecule has 9 aromatic carbocycles. The maximum absolute atomic E-state index is 2.48. The van der Waals surface area contributed by atoms with E-state index in [0.717, 1.165) is 17.1 Å². The summed E-state index contributed by atoms with van der Waals surface area (Å²) in [6.07, 6.45) is 0. The van der Waals surface area contributed by atoms with Crippen molar-refractivity contribution in [1.82, 2.24) is 0 Å². The van der Waals surface area contributed by atoms with Crippen LogP contribution in [-0.4, -0.2) is 0 Å². The van der Waals surface area contributed by atoms with Gasteiger partial charge in [-0.25, -0.2) is 0 Å². The Morgan fingerprint density at radius 3 is 1.77 bits per heavy atom. The molecule has 1 aromatic heterocycles. The van der Waals surface area contributed by atoms with Crippen LogP contribution in [0.1, 0.15) is 49.9 Å². The van der Waals surface area contributed by atoms with Crippen molar-refractivity contribution in [2.24, 2.45) is 0 Å². The van der Waals surface area contributed by atoms with E-state index in [2.05, 4.69) is 221 Å². The molecule has 10 aromatic rings. The first-order chi connectivity index (χ1) is 29.3. The molecule has 1 nitrogen and oxygen atoms in total. The van der Waals surface area contributed by atoms with Gasteiger partial charge in [-0.2, -0.15) is 0 Å². The monoisotopic (exact) mass is 785 g/mol. The van der Waals surface area contributed by atoms with E-state index in [1.54, 1.807) is 0 Å². The average Bonchev–Trinajstić information content (AvgIpc) is 3.78. The number of thiophene rings is 1. The second-order valence-electron chi connectivity index (χ2n) is 17.7. The molecule has 0 spiro atoms. The summed E-state index contributed by atoms with van der Waals surface area (Å²) in [4.78, 5) is 2.48. The van der Waals surface area contributed by atoms with Gasteiger partial charge in [-0.3, -0.25) is 0 Å². The van der Waals surface area contributed by atoms with Crippen molar-refractivity contribution in [3.63, 3.8) is 0 Å². The fourth-order valence-electron chi connectivity index (χ4n) is 10.6. The third-order valence-corrected chi connectivity index (χ3v) is 14.9. The number of anilines is 3. The predicted molar refractivity (Wildman–Crippen MR) is 258 cm³/mol. The minimum absolute atomic E-state index is 0.117. The van der Waals surface area contributed by atoms with E-state index in [4.69, 9.17) is 0 Å². The van der Waals surface area contributed by atoms with Crippen molar-refractivity contribution in [2.75, 3.05) is 4.90 Å². The molecule has 286 valence electrons. The minimum atomic E-state index is -0.229. The lowest BCUT2D eigenvalue weighted by atomic mass is 9.67. The lowest BCUT2D eigenvalue weighted by Crippen LogP contribution is -2.24. The van der Waals surface area contributed by atoms with Crippen molar-refractivity contribution in [1.29, 1.82) is 0 Å². The molecule has 0 fully saturated rings. The Kier molecular flexibility index (Phi) is 7.56. The van der Waals surface area contributed by atoms with Crippen molar-refractivity contribution in [2.45, 2.75) is 38.5 Å². The van der Waals surface area contributed by atoms with Gasteiger partial charge in [0.05, 0.1) is 0 Å². The summed E-state index contributed by atoms with van der Waals surface area (Å²) in [6.45, 7) is 9.56. The van der Waals surface area contributed by atoms with Gasteiger partial charge in [-0.1, -0.05) is 173 Å². The highest BCUT2D eigenvalue weighted by atomic mass is 32.1. The standard InChI is InChI=1S/C58H43NS/c1-57(2)49-21-10-8-17-44(49)45-32-29-40(34-51(45)57)59(39-27-24-37(25-28-39)43-19-13-20-47-46-18-9-11-23-53(46)60-56(43)47)41-30-33-48-52(35-41)58(3,4)50-22-12-16-38-26-31-42(55(48)54(38)50)36-14-6-5-7-15-36/h5-35H,1-4H3. The van der Waals surface area contributed by atoms with E-state index in [1.807, 2.05) is 11.3 Å². The van der Waals surface area contributed by atoms with Gasteiger partial charge in [0.25, 0.3) is 0 Å². The largest absolute Gasteiger partial charge is 0.310 e. The fourth-order valence-corrected chi connectivity index (χ4v) is 11.9. The third kappa shape index (κ3) is 5.04. The quantitative estimate of drug-likeness (QED) is 0.168. The first-order valence-electron chi connectivity index (χ1n) is 21.1. The number of hydrogen-bond acceptors (Lipinski definition) is 2. The lowest BCUT2D eigenvalue weighted by molar-refractivity contribution is 0.645. The summed E-state index contributed by atoms with van der Waals surface area (Å²) < 4.78 is 2.67. The van der Waals surface area contributed by atoms with Crippen LogP contribution in [0.25, 0.3) is 75.5 Å². The zero-order valence-electron chi connectivity index (χ0n) is 34.3. The van der Waals surface area contributed by atoms with Crippen LogP contribution in [-0.2, 0) is 10.8 Å². The molecule has 0 saturated heterocycles. The number of benzene rings is 9. The van der Waals surface area contributed by atoms with Gasteiger partial charge in [-0.15, -0.1) is 11.3 Å². The Balaban J connectivity index is 1.05. The van der Waals surface area contributed by atoms with Gasteiger partial charge in [0.1, 0.15) is 0 Å². The summed E-state index contributed by atoms with van der Waals surface area (Å²) in [7, 11) is 0. The molecule has 0 N–H and O–H groups in total. The van der Waals surface area contributed by atoms with Gasteiger partial charge in [0, 0.05) is 48.1 Å². The zero-order chi connectivity index (χ0) is 40.3. The van der Waals surface area contributed by atoms with Crippen molar-refractivity contribution in [3.05, 3.63) is 210 Å². The molecule has 0 saturated carbocycles. The second-order valence-corrected chi connectivity index (χ2v) is 18.7. The third-order valence-electron chi connectivity index (χ3n) is 13.7. The van der Waals surface area contributed by atoms with Crippen molar-refractivity contribution in [3.8, 4) is 44.5 Å². The smallest absolute Gasteiger partial charge is 0.0465 e. The fraction of sp³-hybridized carbons (Fsp3) is 0.103. The van der Waals surface area contributed by atoms with Crippen molar-refractivity contribution < 1.29 is 0 Å². The molecule has 2 heteroatoms. The second kappa shape index (κ2) is 12.9. The SMILES string of the molecule is CC1(C)c2ccccc2-c2ccc(N(c3ccc(-c4cccc5c4sc4ccccc45)cc3)c3ccc4c(c3)C(C)(C)c3cccc5ccc(-c6ccccc6)c-4c35)cc21. The van der Waals surface area contributed by atoms with Crippen LogP contribution in [0, 0.1) is 0 Å². The Morgan fingerprint density at radius 1 is 0.383 bits per heavy atom. The Morgan fingerprint density at radius 2 is 0.950 bits per heavy atom. The summed E-state index contributed by atoms with van der Waals surface area (Å²) in [5, 5.41) is 5.31. The Bertz CT molecular complexity index is 3370. The Labute approximate surface area is 355 Å². The van der Waals surface area contributed by atoms with E-state index < -0.39 is 0 Å². The molecule has 2 aliphatic rings. The van der Waals surface area contributed by atoms with Crippen LogP contribution in [0.5, 0.6) is 0 Å². The number of hydrogen-bond donors (Lipinski definition) is 0. The predicted octanol–water partition coefficient (Wildman–Crippen LogP) is 16.6. The molecule has 0 unspecified atom stereocenters. The van der Waals surface area contributed by atoms with E-state index in [1.165, 1.54) is 97.7 Å². The van der Waals surface area contributed by atoms with Gasteiger partial charge in [0.2, 0.25) is 0 Å². The topological polar surface area (TPSA) is 3.24 Å². The van der Waals surface area contributed by atoms with Gasteiger partial charge in [0.15, 0.2) is 0 Å². The molecule has 0 atom stereocenters. The molecular formula is C58H43NS. The molecule has 2 aliphatic carbocycles. The average molecular weight is 786 g/mol. The van der Waals surface area contributed by atoms with Gasteiger partial charge < -0.3 is 4.90 Å². The van der Waals surface area contributed by atoms with Crippen LogP contribution in [0.15, 0.2) is 188 Å². The molecule has 0 radical (unpaired) electrons. The summed E-state index contributed by atoms with van der Waals surface area (Å²) >= 11 is 1.89. The van der Waals surface area contributed by atoms with Crippen LogP contribution in [0.2, 0.25) is 0 Å². The van der Waals surface area contributed by atoms with Crippen LogP contribution >= 0.6 is 11.3 Å². The minimum Gasteiger partial charge on any atom is -0.310 e. The zero-order valence-corrected chi connectivity index (χ0v) is 35.1. The maximum Gasteiger partial charge on any atom is 0.0465 e. The van der Waals surface area contributed by atoms with E-state index in [0.29, 0.717) is 0 Å². The molecule has 1 heterocycles. The first kappa shape index (κ1) is 35.2. The molecule has 12 rings (SSSR count). The highest BCUT2D eigenvalue weighted by Gasteiger charge is 2.37. The number of nitrogens with zero attached hydrogens (tertiary/aromatic N) is 1. The highest BCUT2D eigenvalue weighted by molar-refractivity contribution is 7.26. The molecular weight excluding hydrogens is 743 g/mol. The van der Waals surface area contributed by atoms with E-state index in [-0.39, 0.29) is 10.8 Å². The van der Waals surface area contributed by atoms with Crippen molar-refractivity contribution >= 4 is 59.3 Å². The first-order valence-corrected chi connectivity index (χ1v) is 21.9.